The average molecular weight is 575 g/mol. The van der Waals surface area contributed by atoms with Crippen LogP contribution in [0.3, 0.4) is 0 Å². The van der Waals surface area contributed by atoms with Crippen LogP contribution in [0.1, 0.15) is 46.7 Å². The number of thiophene rings is 1. The first kappa shape index (κ1) is 30.1. The molecule has 10 heteroatoms. The Bertz CT molecular complexity index is 1320. The van der Waals surface area contributed by atoms with Crippen molar-refractivity contribution >= 4 is 34.7 Å². The van der Waals surface area contributed by atoms with Gasteiger partial charge in [-0.2, -0.15) is 0 Å². The normalized spacial score (nSPS) is 15.8. The lowest BCUT2D eigenvalue weighted by molar-refractivity contribution is 0.0648. The molecule has 216 valence electrons. The van der Waals surface area contributed by atoms with E-state index in [2.05, 4.69) is 15.5 Å². The second kappa shape index (κ2) is 14.7. The van der Waals surface area contributed by atoms with Crippen LogP contribution in [-0.4, -0.2) is 71.5 Å². The summed E-state index contributed by atoms with van der Waals surface area (Å²) in [7, 11) is 1.77. The standard InChI is InChI=1S/C31H38N6O3S/c1-22(34-2)40-30(33)24-10-6-11-25(20-24)35-16-13-29(32)37(31(39)28-12-7-19-41-28)26-14-17-36(18-15-26)21-27(38)23-8-4-3-5-9-23/h3-13,16,19-20,22,26-27,32-35,38H,14-15,17-18,21H2,1-2H3/b16-13-,32-29?,33-30?. The van der Waals surface area contributed by atoms with Gasteiger partial charge in [0.05, 0.1) is 11.0 Å². The number of anilines is 1. The Morgan fingerprint density at radius 3 is 2.59 bits per heavy atom. The van der Waals surface area contributed by atoms with E-state index in [4.69, 9.17) is 15.6 Å². The molecule has 2 aromatic carbocycles. The topological polar surface area (TPSA) is 125 Å². The molecule has 3 aromatic rings. The smallest absolute Gasteiger partial charge is 0.269 e. The number of nitrogens with zero attached hydrogens (tertiary/aromatic N) is 2. The van der Waals surface area contributed by atoms with Crippen LogP contribution in [-0.2, 0) is 4.74 Å². The molecule has 5 N–H and O–H groups in total. The Balaban J connectivity index is 1.40. The van der Waals surface area contributed by atoms with Crippen LogP contribution in [0.25, 0.3) is 0 Å². The highest BCUT2D eigenvalue weighted by atomic mass is 32.1. The minimum Gasteiger partial charge on any atom is -0.459 e. The highest BCUT2D eigenvalue weighted by Gasteiger charge is 2.31. The number of β-amino-alcohol motifs (C(OH)–C–C–N with tert-alkyl or cyclic N) is 1. The number of aliphatic hydroxyl groups is 1. The maximum Gasteiger partial charge on any atom is 0.269 e. The molecule has 1 aliphatic rings. The van der Waals surface area contributed by atoms with Crippen molar-refractivity contribution in [3.05, 3.63) is 100 Å². The maximum absolute atomic E-state index is 13.5. The summed E-state index contributed by atoms with van der Waals surface area (Å²) in [5.41, 5.74) is 2.25. The largest absolute Gasteiger partial charge is 0.459 e. The quantitative estimate of drug-likeness (QED) is 0.126. The third-order valence-corrected chi connectivity index (χ3v) is 7.92. The first-order valence-corrected chi connectivity index (χ1v) is 14.6. The Labute approximate surface area is 245 Å². The van der Waals surface area contributed by atoms with Gasteiger partial charge in [0.1, 0.15) is 12.1 Å². The lowest BCUT2D eigenvalue weighted by atomic mass is 10.0. The number of benzene rings is 2. The van der Waals surface area contributed by atoms with E-state index in [0.29, 0.717) is 29.8 Å². The molecule has 2 unspecified atom stereocenters. The second-order valence-corrected chi connectivity index (χ2v) is 10.9. The van der Waals surface area contributed by atoms with E-state index in [1.54, 1.807) is 42.4 Å². The molecule has 2 heterocycles. The number of likely N-dealkylation sites (tertiary alicyclic amines) is 1. The van der Waals surface area contributed by atoms with Crippen LogP contribution in [0.4, 0.5) is 5.69 Å². The van der Waals surface area contributed by atoms with Gasteiger partial charge in [-0.1, -0.05) is 42.5 Å². The molecule has 1 saturated heterocycles. The van der Waals surface area contributed by atoms with Gasteiger partial charge < -0.3 is 20.1 Å². The molecule has 0 spiro atoms. The molecule has 41 heavy (non-hydrogen) atoms. The molecule has 2 atom stereocenters. The number of piperidine rings is 1. The number of nitrogens with one attached hydrogen (secondary N) is 4. The fraction of sp³-hybridized carbons (Fsp3) is 0.323. The Hall–Kier alpha value is -3.83. The molecule has 0 radical (unpaired) electrons. The Morgan fingerprint density at radius 2 is 1.90 bits per heavy atom. The Kier molecular flexibility index (Phi) is 10.8. The molecule has 1 fully saturated rings. The number of amidine groups is 1. The summed E-state index contributed by atoms with van der Waals surface area (Å²) < 4.78 is 5.53. The Morgan fingerprint density at radius 1 is 1.15 bits per heavy atom. The van der Waals surface area contributed by atoms with Crippen molar-refractivity contribution in [2.24, 2.45) is 0 Å². The van der Waals surface area contributed by atoms with E-state index in [0.717, 1.165) is 24.3 Å². The number of carbonyl (C=O) groups is 1. The summed E-state index contributed by atoms with van der Waals surface area (Å²) in [5, 5.41) is 35.6. The molecule has 0 saturated carbocycles. The number of hydrogen-bond donors (Lipinski definition) is 5. The fourth-order valence-corrected chi connectivity index (χ4v) is 5.39. The van der Waals surface area contributed by atoms with Crippen molar-refractivity contribution in [2.45, 2.75) is 38.1 Å². The minimum absolute atomic E-state index is 0.0579. The molecule has 1 aliphatic heterocycles. The van der Waals surface area contributed by atoms with Crippen molar-refractivity contribution in [1.82, 2.24) is 15.1 Å². The molecular weight excluding hydrogens is 536 g/mol. The molecule has 4 rings (SSSR count). The zero-order valence-corrected chi connectivity index (χ0v) is 24.2. The number of rotatable bonds is 11. The summed E-state index contributed by atoms with van der Waals surface area (Å²) in [5.74, 6) is -0.0139. The maximum atomic E-state index is 13.5. The summed E-state index contributed by atoms with van der Waals surface area (Å²) in [4.78, 5) is 17.9. The van der Waals surface area contributed by atoms with Gasteiger partial charge >= 0.3 is 0 Å². The van der Waals surface area contributed by atoms with E-state index >= 15 is 0 Å². The monoisotopic (exact) mass is 574 g/mol. The van der Waals surface area contributed by atoms with E-state index in [1.807, 2.05) is 60.8 Å². The van der Waals surface area contributed by atoms with Crippen molar-refractivity contribution in [3.63, 3.8) is 0 Å². The highest BCUT2D eigenvalue weighted by molar-refractivity contribution is 7.12. The second-order valence-electron chi connectivity index (χ2n) is 9.93. The molecule has 9 nitrogen and oxygen atoms in total. The molecule has 0 aliphatic carbocycles. The summed E-state index contributed by atoms with van der Waals surface area (Å²) >= 11 is 1.37. The lowest BCUT2D eigenvalue weighted by Gasteiger charge is -2.38. The molecule has 1 amide bonds. The molecule has 1 aromatic heterocycles. The number of ether oxygens (including phenoxy) is 1. The fourth-order valence-electron chi connectivity index (χ4n) is 4.73. The molecular formula is C31H38N6O3S. The van der Waals surface area contributed by atoms with Crippen LogP contribution in [0, 0.1) is 10.8 Å². The summed E-state index contributed by atoms with van der Waals surface area (Å²) in [6.07, 6.45) is 3.79. The average Bonchev–Trinajstić information content (AvgIpc) is 3.54. The van der Waals surface area contributed by atoms with Crippen molar-refractivity contribution < 1.29 is 14.6 Å². The number of aliphatic hydroxyl groups excluding tert-OH is 1. The van der Waals surface area contributed by atoms with E-state index in [9.17, 15) is 9.90 Å². The zero-order chi connectivity index (χ0) is 29.2. The van der Waals surface area contributed by atoms with Crippen molar-refractivity contribution in [1.29, 1.82) is 10.8 Å². The van der Waals surface area contributed by atoms with E-state index in [-0.39, 0.29) is 29.9 Å². The third-order valence-electron chi connectivity index (χ3n) is 7.07. The van der Waals surface area contributed by atoms with Gasteiger partial charge in [0.25, 0.3) is 5.91 Å². The minimum atomic E-state index is -0.565. The first-order valence-electron chi connectivity index (χ1n) is 13.7. The number of hydrogen-bond acceptors (Lipinski definition) is 9. The SMILES string of the molecule is CNC(C)OC(=N)c1cccc(N/C=C\C(=N)N(C(=O)c2cccs2)C2CCN(CC(O)c3ccccc3)CC2)c1. The van der Waals surface area contributed by atoms with Crippen LogP contribution >= 0.6 is 11.3 Å². The van der Waals surface area contributed by atoms with E-state index < -0.39 is 6.10 Å². The molecule has 0 bridgehead atoms. The number of carbonyl (C=O) groups excluding carboxylic acids is 1. The van der Waals surface area contributed by atoms with E-state index in [1.165, 1.54) is 11.3 Å². The summed E-state index contributed by atoms with van der Waals surface area (Å²) in [6, 6.07) is 20.4. The van der Waals surface area contributed by atoms with Crippen LogP contribution < -0.4 is 10.6 Å². The predicted molar refractivity (Wildman–Crippen MR) is 165 cm³/mol. The van der Waals surface area contributed by atoms with Crippen LogP contribution in [0.15, 0.2) is 84.4 Å². The lowest BCUT2D eigenvalue weighted by Crippen LogP contribution is -2.49. The first-order chi connectivity index (χ1) is 19.9. The van der Waals surface area contributed by atoms with Crippen molar-refractivity contribution in [2.75, 3.05) is 32.0 Å². The number of amides is 1. The van der Waals surface area contributed by atoms with Gasteiger partial charge in [-0.3, -0.25) is 25.8 Å². The van der Waals surface area contributed by atoms with Crippen LogP contribution in [0.5, 0.6) is 0 Å². The summed E-state index contributed by atoms with van der Waals surface area (Å²) in [6.45, 7) is 3.81. The van der Waals surface area contributed by atoms with Crippen molar-refractivity contribution in [3.8, 4) is 0 Å². The van der Waals surface area contributed by atoms with Gasteiger partial charge in [-0.15, -0.1) is 11.3 Å². The van der Waals surface area contributed by atoms with Gasteiger partial charge in [-0.05, 0) is 68.1 Å². The van der Waals surface area contributed by atoms with Gasteiger partial charge in [-0.25, -0.2) is 0 Å². The van der Waals surface area contributed by atoms with Gasteiger partial charge in [0.15, 0.2) is 0 Å². The van der Waals surface area contributed by atoms with Crippen LogP contribution in [0.2, 0.25) is 0 Å². The van der Waals surface area contributed by atoms with Gasteiger partial charge in [0.2, 0.25) is 5.90 Å². The van der Waals surface area contributed by atoms with Gasteiger partial charge in [0, 0.05) is 43.1 Å². The predicted octanol–water partition coefficient (Wildman–Crippen LogP) is 4.90. The zero-order valence-electron chi connectivity index (χ0n) is 23.4. The third kappa shape index (κ3) is 8.34. The highest BCUT2D eigenvalue weighted by Crippen LogP contribution is 2.24.